The van der Waals surface area contributed by atoms with Gasteiger partial charge < -0.3 is 16.4 Å². The van der Waals surface area contributed by atoms with Crippen molar-refractivity contribution < 1.29 is 4.79 Å². The van der Waals surface area contributed by atoms with E-state index in [-0.39, 0.29) is 12.5 Å². The predicted octanol–water partition coefficient (Wildman–Crippen LogP) is 0.801. The molecule has 0 fully saturated rings. The number of aromatic nitrogens is 1. The molecule has 1 aromatic heterocycles. The van der Waals surface area contributed by atoms with Crippen molar-refractivity contribution in [2.24, 2.45) is 5.73 Å². The molecular weight excluding hydrogens is 192 g/mol. The number of hydrogen-bond acceptors (Lipinski definition) is 4. The molecule has 0 saturated heterocycles. The highest BCUT2D eigenvalue weighted by atomic mass is 16.1. The zero-order valence-electron chi connectivity index (χ0n) is 8.79. The first-order chi connectivity index (χ1) is 7.22. The van der Waals surface area contributed by atoms with E-state index in [4.69, 9.17) is 5.73 Å². The molecular formula is C10H16N4O. The summed E-state index contributed by atoms with van der Waals surface area (Å²) in [6, 6.07) is 3.64. The summed E-state index contributed by atoms with van der Waals surface area (Å²) in [4.78, 5) is 14.7. The minimum atomic E-state index is -0.380. The van der Waals surface area contributed by atoms with Gasteiger partial charge in [0.05, 0.1) is 6.54 Å². The molecule has 0 spiro atoms. The molecule has 0 unspecified atom stereocenters. The van der Waals surface area contributed by atoms with Crippen LogP contribution < -0.4 is 16.4 Å². The standard InChI is InChI=1S/C10H16N4O/c1-2-4-12-10-6-8(3-5-13-10)14-7-9(11)15/h3,5-6H,2,4,7H2,1H3,(H2,11,15)(H2,12,13,14). The van der Waals surface area contributed by atoms with E-state index in [2.05, 4.69) is 22.5 Å². The van der Waals surface area contributed by atoms with Crippen molar-refractivity contribution in [2.75, 3.05) is 23.7 Å². The first kappa shape index (κ1) is 11.3. The summed E-state index contributed by atoms with van der Waals surface area (Å²) in [5, 5.41) is 6.06. The summed E-state index contributed by atoms with van der Waals surface area (Å²) >= 11 is 0. The zero-order chi connectivity index (χ0) is 11.1. The second kappa shape index (κ2) is 5.85. The number of hydrogen-bond donors (Lipinski definition) is 3. The van der Waals surface area contributed by atoms with Crippen LogP contribution in [0.25, 0.3) is 0 Å². The summed E-state index contributed by atoms with van der Waals surface area (Å²) < 4.78 is 0. The average Bonchev–Trinajstić information content (AvgIpc) is 2.24. The lowest BCUT2D eigenvalue weighted by atomic mass is 10.3. The van der Waals surface area contributed by atoms with E-state index in [9.17, 15) is 4.79 Å². The van der Waals surface area contributed by atoms with Gasteiger partial charge in [-0.3, -0.25) is 4.79 Å². The molecule has 0 bridgehead atoms. The largest absolute Gasteiger partial charge is 0.376 e. The van der Waals surface area contributed by atoms with Crippen molar-refractivity contribution in [2.45, 2.75) is 13.3 Å². The second-order valence-corrected chi connectivity index (χ2v) is 3.18. The number of carbonyl (C=O) groups excluding carboxylic acids is 1. The number of nitrogens with one attached hydrogen (secondary N) is 2. The third-order valence-corrected chi connectivity index (χ3v) is 1.78. The Labute approximate surface area is 89.1 Å². The van der Waals surface area contributed by atoms with Gasteiger partial charge in [-0.15, -0.1) is 0 Å². The Morgan fingerprint density at radius 3 is 3.00 bits per heavy atom. The molecule has 1 rings (SSSR count). The summed E-state index contributed by atoms with van der Waals surface area (Å²) in [5.41, 5.74) is 5.86. The predicted molar refractivity (Wildman–Crippen MR) is 60.7 cm³/mol. The number of anilines is 2. The Balaban J connectivity index is 2.53. The quantitative estimate of drug-likeness (QED) is 0.646. The van der Waals surface area contributed by atoms with Crippen LogP contribution in [0.4, 0.5) is 11.5 Å². The molecule has 0 saturated carbocycles. The van der Waals surface area contributed by atoms with E-state index in [0.717, 1.165) is 24.5 Å². The molecule has 0 aliphatic rings. The van der Waals surface area contributed by atoms with E-state index in [0.29, 0.717) is 0 Å². The summed E-state index contributed by atoms with van der Waals surface area (Å²) in [6.45, 7) is 3.10. The lowest BCUT2D eigenvalue weighted by Crippen LogP contribution is -2.21. The summed E-state index contributed by atoms with van der Waals surface area (Å²) in [7, 11) is 0. The minimum Gasteiger partial charge on any atom is -0.376 e. The van der Waals surface area contributed by atoms with E-state index in [1.807, 2.05) is 6.07 Å². The zero-order valence-corrected chi connectivity index (χ0v) is 8.79. The van der Waals surface area contributed by atoms with Crippen LogP contribution in [0.1, 0.15) is 13.3 Å². The summed E-state index contributed by atoms with van der Waals surface area (Å²) in [6.07, 6.45) is 2.72. The van der Waals surface area contributed by atoms with Crippen LogP contribution in [-0.4, -0.2) is 24.0 Å². The Morgan fingerprint density at radius 1 is 1.53 bits per heavy atom. The van der Waals surface area contributed by atoms with Crippen molar-refractivity contribution in [3.8, 4) is 0 Å². The van der Waals surface area contributed by atoms with Gasteiger partial charge in [0.25, 0.3) is 0 Å². The van der Waals surface area contributed by atoms with Crippen LogP contribution in [0.15, 0.2) is 18.3 Å². The first-order valence-corrected chi connectivity index (χ1v) is 4.94. The number of primary amides is 1. The van der Waals surface area contributed by atoms with Gasteiger partial charge >= 0.3 is 0 Å². The van der Waals surface area contributed by atoms with Crippen molar-refractivity contribution in [1.29, 1.82) is 0 Å². The Hall–Kier alpha value is -1.78. The van der Waals surface area contributed by atoms with Gasteiger partial charge in [0.15, 0.2) is 0 Å². The highest BCUT2D eigenvalue weighted by Crippen LogP contribution is 2.11. The third-order valence-electron chi connectivity index (χ3n) is 1.78. The molecule has 0 aromatic carbocycles. The van der Waals surface area contributed by atoms with Gasteiger partial charge in [0.1, 0.15) is 5.82 Å². The average molecular weight is 208 g/mol. The number of nitrogens with zero attached hydrogens (tertiary/aromatic N) is 1. The Bertz CT molecular complexity index is 327. The fourth-order valence-electron chi connectivity index (χ4n) is 1.08. The molecule has 82 valence electrons. The van der Waals surface area contributed by atoms with Crippen molar-refractivity contribution in [3.05, 3.63) is 18.3 Å². The molecule has 0 aliphatic heterocycles. The van der Waals surface area contributed by atoms with Crippen LogP contribution in [0, 0.1) is 0 Å². The molecule has 4 N–H and O–H groups in total. The highest BCUT2D eigenvalue weighted by Gasteiger charge is 1.97. The SMILES string of the molecule is CCCNc1cc(NCC(N)=O)ccn1. The maximum absolute atomic E-state index is 10.6. The molecule has 0 radical (unpaired) electrons. The van der Waals surface area contributed by atoms with E-state index < -0.39 is 0 Å². The molecule has 1 aromatic rings. The van der Waals surface area contributed by atoms with Gasteiger partial charge in [-0.25, -0.2) is 4.98 Å². The van der Waals surface area contributed by atoms with E-state index in [1.54, 1.807) is 12.3 Å². The molecule has 5 heteroatoms. The highest BCUT2D eigenvalue weighted by molar-refractivity contribution is 5.78. The lowest BCUT2D eigenvalue weighted by Gasteiger charge is -2.07. The number of nitrogens with two attached hydrogens (primary N) is 1. The van der Waals surface area contributed by atoms with Crippen LogP contribution in [0.2, 0.25) is 0 Å². The number of carbonyl (C=O) groups is 1. The Morgan fingerprint density at radius 2 is 2.33 bits per heavy atom. The van der Waals surface area contributed by atoms with E-state index in [1.165, 1.54) is 0 Å². The fraction of sp³-hybridized carbons (Fsp3) is 0.400. The van der Waals surface area contributed by atoms with Crippen molar-refractivity contribution in [1.82, 2.24) is 4.98 Å². The molecule has 0 atom stereocenters. The number of amides is 1. The fourth-order valence-corrected chi connectivity index (χ4v) is 1.08. The van der Waals surface area contributed by atoms with Crippen LogP contribution in [-0.2, 0) is 4.79 Å². The maximum atomic E-state index is 10.6. The maximum Gasteiger partial charge on any atom is 0.236 e. The van der Waals surface area contributed by atoms with E-state index >= 15 is 0 Å². The smallest absolute Gasteiger partial charge is 0.236 e. The van der Waals surface area contributed by atoms with Gasteiger partial charge in [-0.2, -0.15) is 0 Å². The summed E-state index contributed by atoms with van der Waals surface area (Å²) in [5.74, 6) is 0.418. The van der Waals surface area contributed by atoms with Gasteiger partial charge in [-0.05, 0) is 12.5 Å². The lowest BCUT2D eigenvalue weighted by molar-refractivity contribution is -0.116. The second-order valence-electron chi connectivity index (χ2n) is 3.18. The van der Waals surface area contributed by atoms with Gasteiger partial charge in [0.2, 0.25) is 5.91 Å². The number of rotatable bonds is 6. The van der Waals surface area contributed by atoms with Crippen LogP contribution >= 0.6 is 0 Å². The van der Waals surface area contributed by atoms with Crippen LogP contribution in [0.5, 0.6) is 0 Å². The monoisotopic (exact) mass is 208 g/mol. The molecule has 1 heterocycles. The third kappa shape index (κ3) is 4.30. The number of pyridine rings is 1. The van der Waals surface area contributed by atoms with Crippen molar-refractivity contribution >= 4 is 17.4 Å². The van der Waals surface area contributed by atoms with Crippen molar-refractivity contribution in [3.63, 3.8) is 0 Å². The van der Waals surface area contributed by atoms with Gasteiger partial charge in [0, 0.05) is 24.5 Å². The molecule has 5 nitrogen and oxygen atoms in total. The normalized spacial score (nSPS) is 9.67. The topological polar surface area (TPSA) is 80.0 Å². The Kier molecular flexibility index (Phi) is 4.40. The molecule has 0 aliphatic carbocycles. The minimum absolute atomic E-state index is 0.136. The molecule has 15 heavy (non-hydrogen) atoms. The first-order valence-electron chi connectivity index (χ1n) is 4.94. The van der Waals surface area contributed by atoms with Gasteiger partial charge in [-0.1, -0.05) is 6.92 Å². The van der Waals surface area contributed by atoms with Crippen LogP contribution in [0.3, 0.4) is 0 Å². The molecule has 1 amide bonds.